The van der Waals surface area contributed by atoms with Gasteiger partial charge in [0.05, 0.1) is 28.5 Å². The molecule has 0 bridgehead atoms. The average molecular weight is 676 g/mol. The molecule has 3 aromatic carbocycles. The summed E-state index contributed by atoms with van der Waals surface area (Å²) in [4.78, 5) is 38.2. The summed E-state index contributed by atoms with van der Waals surface area (Å²) in [5.74, 6) is -0.396. The van der Waals surface area contributed by atoms with Crippen LogP contribution in [0.4, 0.5) is 24.7 Å². The Hall–Kier alpha value is -4.74. The number of benzene rings is 3. The molecule has 1 aliphatic rings. The zero-order valence-corrected chi connectivity index (χ0v) is 27.0. The molecule has 2 aromatic heterocycles. The quantitative estimate of drug-likeness (QED) is 0.129. The zero-order chi connectivity index (χ0) is 32.6. The minimum atomic E-state index is -4.62. The van der Waals surface area contributed by atoms with E-state index in [1.54, 1.807) is 23.7 Å². The van der Waals surface area contributed by atoms with Crippen LogP contribution in [0, 0.1) is 6.92 Å². The Morgan fingerprint density at radius 1 is 0.957 bits per heavy atom. The first-order valence-electron chi connectivity index (χ1n) is 14.5. The van der Waals surface area contributed by atoms with Gasteiger partial charge in [0.1, 0.15) is 5.69 Å². The second-order valence-corrected chi connectivity index (χ2v) is 11.4. The van der Waals surface area contributed by atoms with Gasteiger partial charge in [-0.05, 0) is 44.2 Å². The van der Waals surface area contributed by atoms with Crippen molar-refractivity contribution in [3.63, 3.8) is 0 Å². The number of aliphatic imine (C=N–C) groups is 1. The van der Waals surface area contributed by atoms with Gasteiger partial charge < -0.3 is 4.90 Å². The summed E-state index contributed by atoms with van der Waals surface area (Å²) >= 11 is 5.96. The molecule has 0 saturated heterocycles. The highest BCUT2D eigenvalue weighted by molar-refractivity contribution is 7.59. The molecule has 1 amide bonds. The molecule has 0 fully saturated rings. The lowest BCUT2D eigenvalue weighted by Crippen LogP contribution is -2.43. The number of Topliss-reactive ketones (excluding diaryl/α,β-unsaturated/α-hetero) is 1. The van der Waals surface area contributed by atoms with E-state index in [-0.39, 0.29) is 49.7 Å². The Balaban J connectivity index is 0.00000433. The second kappa shape index (κ2) is 13.5. The molecule has 6 rings (SSSR count). The number of ketones is 1. The minimum Gasteiger partial charge on any atom is -0.305 e. The topological polar surface area (TPSA) is 80.5 Å². The van der Waals surface area contributed by atoms with Gasteiger partial charge in [0.25, 0.3) is 5.91 Å². The van der Waals surface area contributed by atoms with Crippen LogP contribution in [0.3, 0.4) is 0 Å². The fourth-order valence-corrected chi connectivity index (χ4v) is 5.80. The summed E-state index contributed by atoms with van der Waals surface area (Å²) in [6.45, 7) is 3.78. The van der Waals surface area contributed by atoms with Crippen LogP contribution in [0.15, 0.2) is 102 Å². The number of amides is 1. The Labute approximate surface area is 281 Å². The van der Waals surface area contributed by atoms with Crippen LogP contribution >= 0.6 is 25.1 Å². The van der Waals surface area contributed by atoms with Crippen molar-refractivity contribution < 1.29 is 22.8 Å². The number of carbonyl (C=O) groups is 2. The third kappa shape index (κ3) is 7.01. The van der Waals surface area contributed by atoms with E-state index in [1.807, 2.05) is 67.6 Å². The van der Waals surface area contributed by atoms with Gasteiger partial charge in [-0.3, -0.25) is 14.3 Å². The second-order valence-electron chi connectivity index (χ2n) is 11.0. The SMILES string of the molecule is Cc1cc(C(=O)Cc2cnn3c2C(=O)N(c2ccc(C(F)(F)F)c(Cl)c2)C[C@@H]3C)cc(N=C(c2ccccc2)c2ccccc2)n1.S. The highest BCUT2D eigenvalue weighted by Crippen LogP contribution is 2.38. The first-order chi connectivity index (χ1) is 22.0. The summed E-state index contributed by atoms with van der Waals surface area (Å²) in [5, 5.41) is 3.87. The lowest BCUT2D eigenvalue weighted by molar-refractivity contribution is -0.137. The van der Waals surface area contributed by atoms with Crippen LogP contribution < -0.4 is 4.90 Å². The molecule has 1 atom stereocenters. The summed E-state index contributed by atoms with van der Waals surface area (Å²) in [6, 6.07) is 25.6. The predicted octanol–water partition coefficient (Wildman–Crippen LogP) is 8.19. The van der Waals surface area contributed by atoms with E-state index in [0.717, 1.165) is 23.3 Å². The van der Waals surface area contributed by atoms with Gasteiger partial charge in [0.2, 0.25) is 0 Å². The molecular weight excluding hydrogens is 647 g/mol. The lowest BCUT2D eigenvalue weighted by Gasteiger charge is -2.32. The first kappa shape index (κ1) is 33.6. The van der Waals surface area contributed by atoms with Gasteiger partial charge in [0.15, 0.2) is 11.6 Å². The molecule has 47 heavy (non-hydrogen) atoms. The molecule has 0 spiro atoms. The van der Waals surface area contributed by atoms with Crippen LogP contribution in [0.1, 0.15) is 61.8 Å². The average Bonchev–Trinajstić information content (AvgIpc) is 3.46. The van der Waals surface area contributed by atoms with Crippen molar-refractivity contribution in [1.29, 1.82) is 0 Å². The van der Waals surface area contributed by atoms with Gasteiger partial charge in [-0.1, -0.05) is 72.3 Å². The Bertz CT molecular complexity index is 1940. The molecule has 240 valence electrons. The van der Waals surface area contributed by atoms with E-state index in [4.69, 9.17) is 16.6 Å². The largest absolute Gasteiger partial charge is 0.417 e. The maximum absolute atomic E-state index is 13.7. The summed E-state index contributed by atoms with van der Waals surface area (Å²) < 4.78 is 41.4. The summed E-state index contributed by atoms with van der Waals surface area (Å²) in [5.41, 5.74) is 3.28. The molecule has 7 nitrogen and oxygen atoms in total. The fourth-order valence-electron chi connectivity index (χ4n) is 5.52. The number of anilines is 1. The lowest BCUT2D eigenvalue weighted by atomic mass is 10.0. The van der Waals surface area contributed by atoms with Crippen LogP contribution in [-0.4, -0.2) is 38.7 Å². The number of hydrogen-bond acceptors (Lipinski definition) is 5. The van der Waals surface area contributed by atoms with E-state index in [0.29, 0.717) is 28.4 Å². The third-order valence-electron chi connectivity index (χ3n) is 7.69. The van der Waals surface area contributed by atoms with Gasteiger partial charge in [-0.2, -0.15) is 31.8 Å². The molecule has 5 aromatic rings. The number of aromatic nitrogens is 3. The first-order valence-corrected chi connectivity index (χ1v) is 14.8. The van der Waals surface area contributed by atoms with Crippen molar-refractivity contribution in [2.45, 2.75) is 32.5 Å². The van der Waals surface area contributed by atoms with Crippen LogP contribution in [0.5, 0.6) is 0 Å². The van der Waals surface area contributed by atoms with Crippen molar-refractivity contribution in [1.82, 2.24) is 14.8 Å². The highest BCUT2D eigenvalue weighted by atomic mass is 35.5. The van der Waals surface area contributed by atoms with Crippen molar-refractivity contribution in [2.75, 3.05) is 11.4 Å². The molecule has 0 saturated carbocycles. The van der Waals surface area contributed by atoms with E-state index >= 15 is 0 Å². The summed E-state index contributed by atoms with van der Waals surface area (Å²) in [6.07, 6.45) is -3.27. The normalized spacial score (nSPS) is 14.3. The number of alkyl halides is 3. The monoisotopic (exact) mass is 675 g/mol. The molecule has 0 unspecified atom stereocenters. The molecule has 1 aliphatic heterocycles. The zero-order valence-electron chi connectivity index (χ0n) is 25.3. The maximum Gasteiger partial charge on any atom is 0.417 e. The van der Waals surface area contributed by atoms with Crippen molar-refractivity contribution in [3.8, 4) is 0 Å². The van der Waals surface area contributed by atoms with Gasteiger partial charge in [-0.15, -0.1) is 0 Å². The molecule has 0 radical (unpaired) electrons. The van der Waals surface area contributed by atoms with E-state index in [9.17, 15) is 22.8 Å². The smallest absolute Gasteiger partial charge is 0.305 e. The van der Waals surface area contributed by atoms with Gasteiger partial charge in [-0.25, -0.2) is 9.98 Å². The Morgan fingerprint density at radius 3 is 2.19 bits per heavy atom. The highest BCUT2D eigenvalue weighted by Gasteiger charge is 2.36. The van der Waals surface area contributed by atoms with Crippen LogP contribution in [-0.2, 0) is 12.6 Å². The maximum atomic E-state index is 13.7. The molecule has 0 N–H and O–H groups in total. The molecule has 0 aliphatic carbocycles. The third-order valence-corrected chi connectivity index (χ3v) is 8.00. The van der Waals surface area contributed by atoms with E-state index < -0.39 is 22.7 Å². The number of carbonyl (C=O) groups excluding carboxylic acids is 2. The van der Waals surface area contributed by atoms with Crippen molar-refractivity contribution in [3.05, 3.63) is 141 Å². The standard InChI is InChI=1S/C35H27ClF3N5O2.H2S/c1-21-15-25(17-31(41-21)42-32(23-9-5-3-6-10-23)24-11-7-4-8-12-24)30(45)16-26-19-40-44-22(2)20-43(34(46)33(26)44)27-13-14-28(29(36)18-27)35(37,38)39;/h3-15,17-19,22H,16,20H2,1-2H3;1H2/t22-;/m0./s1. The van der Waals surface area contributed by atoms with Crippen molar-refractivity contribution >= 4 is 54.0 Å². The number of nitrogens with zero attached hydrogens (tertiary/aromatic N) is 5. The van der Waals surface area contributed by atoms with Crippen LogP contribution in [0.2, 0.25) is 5.02 Å². The molecule has 12 heteroatoms. The molecule has 3 heterocycles. The van der Waals surface area contributed by atoms with Gasteiger partial charge in [0, 0.05) is 46.6 Å². The number of rotatable bonds is 7. The fraction of sp³-hybridized carbons (Fsp3) is 0.171. The Morgan fingerprint density at radius 2 is 1.60 bits per heavy atom. The number of hydrogen-bond donors (Lipinski definition) is 0. The minimum absolute atomic E-state index is 0. The molecular formula is C35H29ClF3N5O2S. The number of pyridine rings is 1. The van der Waals surface area contributed by atoms with E-state index in [2.05, 4.69) is 10.1 Å². The number of aryl methyl sites for hydroxylation is 1. The van der Waals surface area contributed by atoms with Crippen molar-refractivity contribution in [2.24, 2.45) is 4.99 Å². The Kier molecular flexibility index (Phi) is 9.69. The number of fused-ring (bicyclic) bond motifs is 1. The predicted molar refractivity (Wildman–Crippen MR) is 181 cm³/mol. The van der Waals surface area contributed by atoms with E-state index in [1.165, 1.54) is 17.2 Å². The number of halogens is 4. The van der Waals surface area contributed by atoms with Crippen LogP contribution in [0.25, 0.3) is 0 Å². The summed E-state index contributed by atoms with van der Waals surface area (Å²) in [7, 11) is 0. The van der Waals surface area contributed by atoms with Gasteiger partial charge >= 0.3 is 6.18 Å².